The van der Waals surface area contributed by atoms with Crippen LogP contribution in [-0.4, -0.2) is 37.6 Å². The van der Waals surface area contributed by atoms with Gasteiger partial charge < -0.3 is 4.90 Å². The summed E-state index contributed by atoms with van der Waals surface area (Å²) in [4.78, 5) is 12.6. The van der Waals surface area contributed by atoms with Gasteiger partial charge in [-0.15, -0.1) is 6.58 Å². The molecule has 1 fully saturated rings. The van der Waals surface area contributed by atoms with E-state index in [2.05, 4.69) is 6.58 Å². The zero-order valence-electron chi connectivity index (χ0n) is 7.14. The standard InChI is InChI=1S/C7H12N2O3S/c1-2-3-9-5-6(4-7(9)10)13(8,11)12/h2,6H,1,3-5H2,(H2,8,11,12). The third kappa shape index (κ3) is 2.28. The van der Waals surface area contributed by atoms with E-state index in [4.69, 9.17) is 5.14 Å². The highest BCUT2D eigenvalue weighted by molar-refractivity contribution is 7.89. The molecule has 1 unspecified atom stereocenters. The van der Waals surface area contributed by atoms with E-state index in [9.17, 15) is 13.2 Å². The fourth-order valence-electron chi connectivity index (χ4n) is 1.29. The van der Waals surface area contributed by atoms with Crippen LogP contribution in [0.1, 0.15) is 6.42 Å². The molecule has 0 bridgehead atoms. The van der Waals surface area contributed by atoms with Gasteiger partial charge in [0.15, 0.2) is 0 Å². The molecule has 0 aromatic carbocycles. The molecule has 1 rings (SSSR count). The van der Waals surface area contributed by atoms with Crippen LogP contribution in [0, 0.1) is 0 Å². The second-order valence-electron chi connectivity index (χ2n) is 3.00. The summed E-state index contributed by atoms with van der Waals surface area (Å²) in [6, 6.07) is 0. The molecule has 1 saturated heterocycles. The summed E-state index contributed by atoms with van der Waals surface area (Å²) < 4.78 is 21.8. The molecule has 1 aliphatic rings. The van der Waals surface area contributed by atoms with Crippen molar-refractivity contribution in [3.8, 4) is 0 Å². The van der Waals surface area contributed by atoms with Gasteiger partial charge in [0.25, 0.3) is 0 Å². The van der Waals surface area contributed by atoms with Crippen molar-refractivity contribution in [2.45, 2.75) is 11.7 Å². The molecular formula is C7H12N2O3S. The van der Waals surface area contributed by atoms with Crippen LogP contribution in [0.3, 0.4) is 0 Å². The van der Waals surface area contributed by atoms with E-state index in [0.29, 0.717) is 6.54 Å². The molecular weight excluding hydrogens is 192 g/mol. The van der Waals surface area contributed by atoms with Gasteiger partial charge in [-0.25, -0.2) is 13.6 Å². The Balaban J connectivity index is 2.71. The smallest absolute Gasteiger partial charge is 0.224 e. The number of primary sulfonamides is 1. The van der Waals surface area contributed by atoms with Gasteiger partial charge in [-0.05, 0) is 0 Å². The molecule has 0 aromatic rings. The topological polar surface area (TPSA) is 80.5 Å². The maximum atomic E-state index is 11.2. The van der Waals surface area contributed by atoms with E-state index < -0.39 is 15.3 Å². The minimum atomic E-state index is -3.58. The van der Waals surface area contributed by atoms with Crippen LogP contribution in [0.25, 0.3) is 0 Å². The van der Waals surface area contributed by atoms with Gasteiger partial charge in [-0.2, -0.15) is 0 Å². The van der Waals surface area contributed by atoms with Crippen LogP contribution in [-0.2, 0) is 14.8 Å². The fourth-order valence-corrected chi connectivity index (χ4v) is 2.05. The molecule has 5 nitrogen and oxygen atoms in total. The van der Waals surface area contributed by atoms with Gasteiger partial charge in [0.2, 0.25) is 15.9 Å². The molecule has 1 aliphatic heterocycles. The van der Waals surface area contributed by atoms with E-state index >= 15 is 0 Å². The Bertz CT molecular complexity index is 323. The van der Waals surface area contributed by atoms with E-state index in [1.807, 2.05) is 0 Å². The lowest BCUT2D eigenvalue weighted by Gasteiger charge is -2.12. The van der Waals surface area contributed by atoms with E-state index in [-0.39, 0.29) is 18.9 Å². The minimum Gasteiger partial charge on any atom is -0.338 e. The third-order valence-electron chi connectivity index (χ3n) is 1.99. The summed E-state index contributed by atoms with van der Waals surface area (Å²) in [5.41, 5.74) is 0. The van der Waals surface area contributed by atoms with Crippen molar-refractivity contribution in [1.29, 1.82) is 0 Å². The van der Waals surface area contributed by atoms with Crippen LogP contribution in [0.2, 0.25) is 0 Å². The highest BCUT2D eigenvalue weighted by Gasteiger charge is 2.35. The number of carbonyl (C=O) groups excluding carboxylic acids is 1. The molecule has 13 heavy (non-hydrogen) atoms. The average Bonchev–Trinajstić information content (AvgIpc) is 2.32. The second kappa shape index (κ2) is 3.47. The molecule has 1 heterocycles. The first-order valence-electron chi connectivity index (χ1n) is 3.85. The Hall–Kier alpha value is -0.880. The van der Waals surface area contributed by atoms with Crippen molar-refractivity contribution >= 4 is 15.9 Å². The monoisotopic (exact) mass is 204 g/mol. The highest BCUT2D eigenvalue weighted by atomic mass is 32.2. The maximum absolute atomic E-state index is 11.2. The molecule has 2 N–H and O–H groups in total. The molecule has 1 atom stereocenters. The number of rotatable bonds is 3. The van der Waals surface area contributed by atoms with Crippen molar-refractivity contribution in [3.63, 3.8) is 0 Å². The lowest BCUT2D eigenvalue weighted by atomic mass is 10.4. The first-order valence-corrected chi connectivity index (χ1v) is 5.46. The Morgan fingerprint density at radius 1 is 1.69 bits per heavy atom. The second-order valence-corrected chi connectivity index (χ2v) is 4.85. The van der Waals surface area contributed by atoms with Gasteiger partial charge in [-0.3, -0.25) is 4.79 Å². The van der Waals surface area contributed by atoms with E-state index in [1.165, 1.54) is 4.90 Å². The first-order chi connectivity index (χ1) is 5.95. The molecule has 0 spiro atoms. The normalized spacial score (nSPS) is 23.6. The Kier molecular flexibility index (Phi) is 2.72. The lowest BCUT2D eigenvalue weighted by Crippen LogP contribution is -2.32. The number of likely N-dealkylation sites (tertiary alicyclic amines) is 1. The number of carbonyl (C=O) groups is 1. The van der Waals surface area contributed by atoms with Crippen LogP contribution >= 0.6 is 0 Å². The molecule has 0 radical (unpaired) electrons. The van der Waals surface area contributed by atoms with Gasteiger partial charge in [0.1, 0.15) is 5.25 Å². The molecule has 74 valence electrons. The van der Waals surface area contributed by atoms with Crippen LogP contribution in [0.4, 0.5) is 0 Å². The predicted molar refractivity (Wildman–Crippen MR) is 48.3 cm³/mol. The number of sulfonamides is 1. The van der Waals surface area contributed by atoms with Gasteiger partial charge in [0, 0.05) is 19.5 Å². The van der Waals surface area contributed by atoms with Crippen molar-refractivity contribution in [2.24, 2.45) is 5.14 Å². The van der Waals surface area contributed by atoms with Crippen LogP contribution < -0.4 is 5.14 Å². The van der Waals surface area contributed by atoms with Crippen LogP contribution in [0.15, 0.2) is 12.7 Å². The van der Waals surface area contributed by atoms with E-state index in [0.717, 1.165) is 0 Å². The summed E-state index contributed by atoms with van der Waals surface area (Å²) in [6.45, 7) is 4.04. The zero-order chi connectivity index (χ0) is 10.1. The number of hydrogen-bond acceptors (Lipinski definition) is 3. The van der Waals surface area contributed by atoms with Crippen molar-refractivity contribution in [2.75, 3.05) is 13.1 Å². The Morgan fingerprint density at radius 3 is 2.69 bits per heavy atom. The van der Waals surface area contributed by atoms with E-state index in [1.54, 1.807) is 6.08 Å². The van der Waals surface area contributed by atoms with Gasteiger partial charge >= 0.3 is 0 Å². The summed E-state index contributed by atoms with van der Waals surface area (Å²) in [7, 11) is -3.58. The van der Waals surface area contributed by atoms with Gasteiger partial charge in [0.05, 0.1) is 0 Å². The number of amides is 1. The Morgan fingerprint density at radius 2 is 2.31 bits per heavy atom. The maximum Gasteiger partial charge on any atom is 0.224 e. The van der Waals surface area contributed by atoms with Crippen LogP contribution in [0.5, 0.6) is 0 Å². The SMILES string of the molecule is C=CCN1CC(S(N)(=O)=O)CC1=O. The van der Waals surface area contributed by atoms with Crippen molar-refractivity contribution < 1.29 is 13.2 Å². The quantitative estimate of drug-likeness (QED) is 0.602. The molecule has 0 aliphatic carbocycles. The van der Waals surface area contributed by atoms with Crippen molar-refractivity contribution in [3.05, 3.63) is 12.7 Å². The molecule has 0 saturated carbocycles. The molecule has 0 aromatic heterocycles. The summed E-state index contributed by atoms with van der Waals surface area (Å²) in [5.74, 6) is -0.182. The fraction of sp³-hybridized carbons (Fsp3) is 0.571. The Labute approximate surface area is 77.3 Å². The summed E-state index contributed by atoms with van der Waals surface area (Å²) in [5, 5.41) is 4.18. The van der Waals surface area contributed by atoms with Gasteiger partial charge in [-0.1, -0.05) is 6.08 Å². The predicted octanol–water partition coefficient (Wildman–Crippen LogP) is -0.938. The third-order valence-corrected chi connectivity index (χ3v) is 3.24. The number of nitrogens with zero attached hydrogens (tertiary/aromatic N) is 1. The zero-order valence-corrected chi connectivity index (χ0v) is 7.96. The number of nitrogens with two attached hydrogens (primary N) is 1. The summed E-state index contributed by atoms with van der Waals surface area (Å²) >= 11 is 0. The number of hydrogen-bond donors (Lipinski definition) is 1. The van der Waals surface area contributed by atoms with Crippen molar-refractivity contribution in [1.82, 2.24) is 4.90 Å². The molecule has 6 heteroatoms. The lowest BCUT2D eigenvalue weighted by molar-refractivity contribution is -0.127. The largest absolute Gasteiger partial charge is 0.338 e. The minimum absolute atomic E-state index is 0.00727. The molecule has 1 amide bonds. The first kappa shape index (κ1) is 10.2. The summed E-state index contributed by atoms with van der Waals surface area (Å²) in [6.07, 6.45) is 1.55. The highest BCUT2D eigenvalue weighted by Crippen LogP contribution is 2.15. The average molecular weight is 204 g/mol.